The van der Waals surface area contributed by atoms with Crippen molar-refractivity contribution in [2.24, 2.45) is 0 Å². The maximum absolute atomic E-state index is 3.29. The van der Waals surface area contributed by atoms with E-state index in [1.165, 1.54) is 6.42 Å². The quantitative estimate of drug-likeness (QED) is 0.619. The molecule has 1 unspecified atom stereocenters. The van der Waals surface area contributed by atoms with Crippen LogP contribution in [0.2, 0.25) is 0 Å². The molecular formula is C8H16N2. The number of hydrogen-bond donors (Lipinski definition) is 1. The lowest BCUT2D eigenvalue weighted by atomic mass is 10.2. The molecule has 1 aliphatic heterocycles. The van der Waals surface area contributed by atoms with Crippen LogP contribution in [0, 0.1) is 0 Å². The smallest absolute Gasteiger partial charge is 0.0681 e. The van der Waals surface area contributed by atoms with Crippen molar-refractivity contribution in [3.63, 3.8) is 0 Å². The molecule has 0 aromatic heterocycles. The largest absolute Gasteiger partial charge is 0.362 e. The van der Waals surface area contributed by atoms with E-state index in [4.69, 9.17) is 0 Å². The summed E-state index contributed by atoms with van der Waals surface area (Å²) in [6, 6.07) is 0.670. The van der Waals surface area contributed by atoms with Gasteiger partial charge in [0.1, 0.15) is 0 Å². The monoisotopic (exact) mass is 140 g/mol. The summed E-state index contributed by atoms with van der Waals surface area (Å²) in [5, 5.41) is 3.29. The lowest BCUT2D eigenvalue weighted by molar-refractivity contribution is 0.258. The third-order valence-electron chi connectivity index (χ3n) is 2.01. The van der Waals surface area contributed by atoms with Crippen LogP contribution in [0.25, 0.3) is 0 Å². The summed E-state index contributed by atoms with van der Waals surface area (Å²) in [5.74, 6) is 0. The Labute approximate surface area is 62.9 Å². The molecule has 1 aliphatic rings. The number of rotatable bonds is 2. The SMILES string of the molecule is CCC(C)N1C=CCNC1. The maximum Gasteiger partial charge on any atom is 0.0681 e. The van der Waals surface area contributed by atoms with Crippen molar-refractivity contribution < 1.29 is 0 Å². The fourth-order valence-electron chi connectivity index (χ4n) is 1.06. The molecule has 2 heteroatoms. The highest BCUT2D eigenvalue weighted by Gasteiger charge is 2.07. The van der Waals surface area contributed by atoms with Gasteiger partial charge in [-0.1, -0.05) is 13.0 Å². The van der Waals surface area contributed by atoms with Crippen LogP contribution in [0.3, 0.4) is 0 Å². The predicted octanol–water partition coefficient (Wildman–Crippen LogP) is 1.16. The second kappa shape index (κ2) is 3.62. The minimum absolute atomic E-state index is 0.670. The van der Waals surface area contributed by atoms with Crippen LogP contribution >= 0.6 is 0 Å². The van der Waals surface area contributed by atoms with Crippen molar-refractivity contribution in [1.82, 2.24) is 10.2 Å². The van der Waals surface area contributed by atoms with Gasteiger partial charge in [0, 0.05) is 12.6 Å². The Balaban J connectivity index is 2.38. The molecule has 0 fully saturated rings. The molecule has 0 radical (unpaired) electrons. The van der Waals surface area contributed by atoms with Crippen LogP contribution in [-0.2, 0) is 0 Å². The maximum atomic E-state index is 3.29. The molecule has 0 spiro atoms. The van der Waals surface area contributed by atoms with Gasteiger partial charge in [-0.15, -0.1) is 0 Å². The Morgan fingerprint density at radius 2 is 2.50 bits per heavy atom. The molecule has 1 atom stereocenters. The summed E-state index contributed by atoms with van der Waals surface area (Å²) >= 11 is 0. The van der Waals surface area contributed by atoms with E-state index in [0.717, 1.165) is 13.2 Å². The molecule has 0 saturated heterocycles. The third-order valence-corrected chi connectivity index (χ3v) is 2.01. The second-order valence-corrected chi connectivity index (χ2v) is 2.77. The Morgan fingerprint density at radius 1 is 1.70 bits per heavy atom. The fourth-order valence-corrected chi connectivity index (χ4v) is 1.06. The minimum atomic E-state index is 0.670. The van der Waals surface area contributed by atoms with Crippen LogP contribution in [0.1, 0.15) is 20.3 Å². The molecule has 1 N–H and O–H groups in total. The third kappa shape index (κ3) is 1.74. The Bertz CT molecular complexity index is 120. The second-order valence-electron chi connectivity index (χ2n) is 2.77. The van der Waals surface area contributed by atoms with Gasteiger partial charge in [-0.3, -0.25) is 5.32 Å². The molecule has 0 aromatic carbocycles. The molecule has 10 heavy (non-hydrogen) atoms. The topological polar surface area (TPSA) is 15.3 Å². The lowest BCUT2D eigenvalue weighted by Crippen LogP contribution is -2.39. The summed E-state index contributed by atoms with van der Waals surface area (Å²) < 4.78 is 0. The first kappa shape index (κ1) is 7.61. The van der Waals surface area contributed by atoms with Crippen molar-refractivity contribution >= 4 is 0 Å². The normalized spacial score (nSPS) is 21.2. The average Bonchev–Trinajstić information content (AvgIpc) is 2.05. The van der Waals surface area contributed by atoms with E-state index in [0.29, 0.717) is 6.04 Å². The van der Waals surface area contributed by atoms with Gasteiger partial charge >= 0.3 is 0 Å². The van der Waals surface area contributed by atoms with Crippen molar-refractivity contribution in [3.05, 3.63) is 12.3 Å². The summed E-state index contributed by atoms with van der Waals surface area (Å²) in [6.45, 7) is 6.49. The van der Waals surface area contributed by atoms with Gasteiger partial charge < -0.3 is 4.90 Å². The molecular weight excluding hydrogens is 124 g/mol. The molecule has 1 rings (SSSR count). The van der Waals surface area contributed by atoms with Gasteiger partial charge in [0.25, 0.3) is 0 Å². The highest BCUT2D eigenvalue weighted by Crippen LogP contribution is 2.04. The van der Waals surface area contributed by atoms with E-state index in [1.54, 1.807) is 0 Å². The van der Waals surface area contributed by atoms with E-state index in [-0.39, 0.29) is 0 Å². The zero-order valence-electron chi connectivity index (χ0n) is 6.80. The van der Waals surface area contributed by atoms with Crippen LogP contribution < -0.4 is 5.32 Å². The summed E-state index contributed by atoms with van der Waals surface area (Å²) in [6.07, 6.45) is 5.56. The van der Waals surface area contributed by atoms with Crippen LogP contribution in [-0.4, -0.2) is 24.2 Å². The van der Waals surface area contributed by atoms with Gasteiger partial charge in [0.2, 0.25) is 0 Å². The molecule has 0 aliphatic carbocycles. The Kier molecular flexibility index (Phi) is 2.75. The highest BCUT2D eigenvalue weighted by atomic mass is 15.2. The van der Waals surface area contributed by atoms with Gasteiger partial charge in [-0.2, -0.15) is 0 Å². The van der Waals surface area contributed by atoms with Crippen molar-refractivity contribution in [2.75, 3.05) is 13.2 Å². The first-order chi connectivity index (χ1) is 4.84. The van der Waals surface area contributed by atoms with E-state index < -0.39 is 0 Å². The molecule has 58 valence electrons. The van der Waals surface area contributed by atoms with Crippen molar-refractivity contribution in [3.8, 4) is 0 Å². The molecule has 0 bridgehead atoms. The zero-order chi connectivity index (χ0) is 7.40. The predicted molar refractivity (Wildman–Crippen MR) is 43.6 cm³/mol. The molecule has 0 aromatic rings. The first-order valence-corrected chi connectivity index (χ1v) is 3.97. The fraction of sp³-hybridized carbons (Fsp3) is 0.750. The van der Waals surface area contributed by atoms with E-state index in [2.05, 4.69) is 36.3 Å². The van der Waals surface area contributed by atoms with E-state index >= 15 is 0 Å². The number of hydrogen-bond acceptors (Lipinski definition) is 2. The number of nitrogens with one attached hydrogen (secondary N) is 1. The summed E-state index contributed by atoms with van der Waals surface area (Å²) in [5.41, 5.74) is 0. The van der Waals surface area contributed by atoms with Gasteiger partial charge in [0.15, 0.2) is 0 Å². The zero-order valence-corrected chi connectivity index (χ0v) is 6.80. The minimum Gasteiger partial charge on any atom is -0.362 e. The van der Waals surface area contributed by atoms with Crippen LogP contribution in [0.15, 0.2) is 12.3 Å². The van der Waals surface area contributed by atoms with Gasteiger partial charge in [-0.25, -0.2) is 0 Å². The molecule has 2 nitrogen and oxygen atoms in total. The molecule has 1 heterocycles. The van der Waals surface area contributed by atoms with Crippen LogP contribution in [0.5, 0.6) is 0 Å². The number of nitrogens with zero attached hydrogens (tertiary/aromatic N) is 1. The average molecular weight is 140 g/mol. The van der Waals surface area contributed by atoms with Crippen molar-refractivity contribution in [2.45, 2.75) is 26.3 Å². The van der Waals surface area contributed by atoms with Gasteiger partial charge in [0.05, 0.1) is 6.67 Å². The highest BCUT2D eigenvalue weighted by molar-refractivity contribution is 4.90. The van der Waals surface area contributed by atoms with E-state index in [9.17, 15) is 0 Å². The molecule has 0 amide bonds. The Morgan fingerprint density at radius 3 is 3.00 bits per heavy atom. The molecule has 0 saturated carbocycles. The van der Waals surface area contributed by atoms with Crippen LogP contribution in [0.4, 0.5) is 0 Å². The van der Waals surface area contributed by atoms with Crippen molar-refractivity contribution in [1.29, 1.82) is 0 Å². The van der Waals surface area contributed by atoms with Gasteiger partial charge in [-0.05, 0) is 19.5 Å². The first-order valence-electron chi connectivity index (χ1n) is 3.97. The lowest BCUT2D eigenvalue weighted by Gasteiger charge is -2.29. The Hall–Kier alpha value is -0.500. The van der Waals surface area contributed by atoms with E-state index in [1.807, 2.05) is 0 Å². The summed E-state index contributed by atoms with van der Waals surface area (Å²) in [4.78, 5) is 2.32. The summed E-state index contributed by atoms with van der Waals surface area (Å²) in [7, 11) is 0. The standard InChI is InChI=1S/C8H16N2/c1-3-8(2)10-6-4-5-9-7-10/h4,6,8-9H,3,5,7H2,1-2H3.